The van der Waals surface area contributed by atoms with E-state index < -0.39 is 0 Å². The summed E-state index contributed by atoms with van der Waals surface area (Å²) in [5, 5.41) is 14.0. The molecule has 0 aromatic heterocycles. The van der Waals surface area contributed by atoms with Gasteiger partial charge >= 0.3 is 0 Å². The van der Waals surface area contributed by atoms with Gasteiger partial charge in [-0.1, -0.05) is 18.0 Å². The number of halogens is 1. The van der Waals surface area contributed by atoms with E-state index >= 15 is 0 Å². The van der Waals surface area contributed by atoms with Crippen molar-refractivity contribution in [3.05, 3.63) is 28.3 Å². The Morgan fingerprint density at radius 3 is 2.87 bits per heavy atom. The van der Waals surface area contributed by atoms with Gasteiger partial charge in [-0.15, -0.1) is 0 Å². The molecular formula is C12H16ClNO. The van der Waals surface area contributed by atoms with E-state index in [4.69, 9.17) is 11.6 Å². The van der Waals surface area contributed by atoms with Crippen LogP contribution in [0.3, 0.4) is 0 Å². The topological polar surface area (TPSA) is 32.3 Å². The summed E-state index contributed by atoms with van der Waals surface area (Å²) < 4.78 is 0. The molecule has 1 heterocycles. The second-order valence-electron chi connectivity index (χ2n) is 4.11. The summed E-state index contributed by atoms with van der Waals surface area (Å²) in [5.41, 5.74) is 1.97. The lowest BCUT2D eigenvalue weighted by Crippen LogP contribution is -2.27. The van der Waals surface area contributed by atoms with Crippen LogP contribution >= 0.6 is 11.6 Å². The number of phenols is 1. The first kappa shape index (κ1) is 10.8. The van der Waals surface area contributed by atoms with E-state index in [1.54, 1.807) is 12.1 Å². The summed E-state index contributed by atoms with van der Waals surface area (Å²) >= 11 is 6.07. The Morgan fingerprint density at radius 1 is 1.40 bits per heavy atom. The Morgan fingerprint density at radius 2 is 2.20 bits per heavy atom. The average Bonchev–Trinajstić information content (AvgIpc) is 2.26. The molecule has 1 saturated heterocycles. The second kappa shape index (κ2) is 4.42. The number of hydrogen-bond acceptors (Lipinski definition) is 2. The highest BCUT2D eigenvalue weighted by molar-refractivity contribution is 6.31. The van der Waals surface area contributed by atoms with Crippen molar-refractivity contribution >= 4 is 11.6 Å². The number of benzene rings is 1. The molecule has 0 saturated carbocycles. The zero-order valence-electron chi connectivity index (χ0n) is 8.89. The first-order chi connectivity index (χ1) is 7.20. The molecule has 0 aliphatic carbocycles. The van der Waals surface area contributed by atoms with Gasteiger partial charge in [-0.2, -0.15) is 0 Å². The third kappa shape index (κ3) is 2.11. The van der Waals surface area contributed by atoms with Crippen LogP contribution in [-0.2, 0) is 0 Å². The van der Waals surface area contributed by atoms with E-state index in [1.165, 1.54) is 12.8 Å². The summed E-state index contributed by atoms with van der Waals surface area (Å²) in [6, 6.07) is 3.69. The maximum absolute atomic E-state index is 9.87. The minimum Gasteiger partial charge on any atom is -0.508 e. The monoisotopic (exact) mass is 225 g/mol. The molecule has 1 aliphatic rings. The molecule has 2 nitrogen and oxygen atoms in total. The lowest BCUT2D eigenvalue weighted by Gasteiger charge is -2.26. The summed E-state index contributed by atoms with van der Waals surface area (Å²) in [5.74, 6) is 0.358. The van der Waals surface area contributed by atoms with Crippen molar-refractivity contribution in [1.82, 2.24) is 5.32 Å². The van der Waals surface area contributed by atoms with Crippen LogP contribution in [0, 0.1) is 6.92 Å². The van der Waals surface area contributed by atoms with Crippen molar-refractivity contribution in [1.29, 1.82) is 0 Å². The molecule has 1 atom stereocenters. The van der Waals surface area contributed by atoms with Gasteiger partial charge in [0.05, 0.1) is 0 Å². The van der Waals surface area contributed by atoms with Crippen molar-refractivity contribution in [3.8, 4) is 5.75 Å². The molecule has 0 radical (unpaired) electrons. The molecule has 1 fully saturated rings. The molecule has 2 N–H and O–H groups in total. The van der Waals surface area contributed by atoms with Crippen LogP contribution < -0.4 is 5.32 Å². The van der Waals surface area contributed by atoms with Gasteiger partial charge in [0.25, 0.3) is 0 Å². The van der Waals surface area contributed by atoms with Crippen molar-refractivity contribution in [3.63, 3.8) is 0 Å². The fourth-order valence-corrected chi connectivity index (χ4v) is 2.39. The van der Waals surface area contributed by atoms with Crippen molar-refractivity contribution < 1.29 is 5.11 Å². The maximum Gasteiger partial charge on any atom is 0.120 e. The van der Waals surface area contributed by atoms with Gasteiger partial charge in [0.1, 0.15) is 5.75 Å². The first-order valence-corrected chi connectivity index (χ1v) is 5.79. The van der Waals surface area contributed by atoms with E-state index in [-0.39, 0.29) is 6.04 Å². The molecule has 2 rings (SSSR count). The molecule has 1 aromatic rings. The average molecular weight is 226 g/mol. The molecule has 1 aromatic carbocycles. The van der Waals surface area contributed by atoms with Gasteiger partial charge in [-0.05, 0) is 44.0 Å². The van der Waals surface area contributed by atoms with Crippen LogP contribution in [0.4, 0.5) is 0 Å². The van der Waals surface area contributed by atoms with Crippen LogP contribution in [0.15, 0.2) is 12.1 Å². The fourth-order valence-electron chi connectivity index (χ4n) is 2.23. The number of aromatic hydroxyl groups is 1. The van der Waals surface area contributed by atoms with Gasteiger partial charge in [-0.25, -0.2) is 0 Å². The van der Waals surface area contributed by atoms with Gasteiger partial charge in [-0.3, -0.25) is 0 Å². The molecule has 1 unspecified atom stereocenters. The smallest absolute Gasteiger partial charge is 0.120 e. The number of rotatable bonds is 1. The van der Waals surface area contributed by atoms with E-state index in [1.807, 2.05) is 6.92 Å². The third-order valence-corrected chi connectivity index (χ3v) is 3.49. The highest BCUT2D eigenvalue weighted by Gasteiger charge is 2.20. The predicted octanol–water partition coefficient (Wildman–Crippen LogP) is 3.17. The fraction of sp³-hybridized carbons (Fsp3) is 0.500. The van der Waals surface area contributed by atoms with E-state index in [0.29, 0.717) is 5.75 Å². The highest BCUT2D eigenvalue weighted by Crippen LogP contribution is 2.35. The summed E-state index contributed by atoms with van der Waals surface area (Å²) in [6.07, 6.45) is 3.51. The Balaban J connectivity index is 2.36. The molecule has 3 heteroatoms. The van der Waals surface area contributed by atoms with Gasteiger partial charge in [0, 0.05) is 16.6 Å². The van der Waals surface area contributed by atoms with Gasteiger partial charge < -0.3 is 10.4 Å². The lowest BCUT2D eigenvalue weighted by atomic mass is 9.93. The maximum atomic E-state index is 9.87. The van der Waals surface area contributed by atoms with Crippen molar-refractivity contribution in [2.45, 2.75) is 32.2 Å². The summed E-state index contributed by atoms with van der Waals surface area (Å²) in [4.78, 5) is 0. The van der Waals surface area contributed by atoms with Crippen LogP contribution in [0.1, 0.15) is 36.4 Å². The normalized spacial score (nSPS) is 21.6. The van der Waals surface area contributed by atoms with E-state index in [9.17, 15) is 5.11 Å². The number of piperidine rings is 1. The summed E-state index contributed by atoms with van der Waals surface area (Å²) in [6.45, 7) is 2.99. The van der Waals surface area contributed by atoms with Crippen molar-refractivity contribution in [2.75, 3.05) is 6.54 Å². The van der Waals surface area contributed by atoms with E-state index in [0.717, 1.165) is 29.1 Å². The number of phenolic OH excluding ortho intramolecular Hbond substituents is 1. The number of hydrogen-bond donors (Lipinski definition) is 2. The SMILES string of the molecule is Cc1c(Cl)ccc(O)c1C1CCCCN1. The lowest BCUT2D eigenvalue weighted by molar-refractivity contribution is 0.389. The molecule has 0 bridgehead atoms. The zero-order chi connectivity index (χ0) is 10.8. The van der Waals surface area contributed by atoms with Gasteiger partial charge in [0.15, 0.2) is 0 Å². The molecule has 1 aliphatic heterocycles. The Bertz CT molecular complexity index is 359. The van der Waals surface area contributed by atoms with Gasteiger partial charge in [0.2, 0.25) is 0 Å². The molecule has 0 spiro atoms. The Hall–Kier alpha value is -0.730. The Kier molecular flexibility index (Phi) is 3.17. The second-order valence-corrected chi connectivity index (χ2v) is 4.51. The number of nitrogens with one attached hydrogen (secondary N) is 1. The molecule has 15 heavy (non-hydrogen) atoms. The molecule has 82 valence electrons. The summed E-state index contributed by atoms with van der Waals surface area (Å²) in [7, 11) is 0. The predicted molar refractivity (Wildman–Crippen MR) is 62.4 cm³/mol. The Labute approximate surface area is 95.3 Å². The largest absolute Gasteiger partial charge is 0.508 e. The third-order valence-electron chi connectivity index (χ3n) is 3.08. The van der Waals surface area contributed by atoms with Crippen LogP contribution in [0.25, 0.3) is 0 Å². The zero-order valence-corrected chi connectivity index (χ0v) is 9.64. The molecule has 0 amide bonds. The van der Waals surface area contributed by atoms with Crippen molar-refractivity contribution in [2.24, 2.45) is 0 Å². The van der Waals surface area contributed by atoms with Crippen LogP contribution in [-0.4, -0.2) is 11.7 Å². The quantitative estimate of drug-likeness (QED) is 0.770. The molecular weight excluding hydrogens is 210 g/mol. The highest BCUT2D eigenvalue weighted by atomic mass is 35.5. The van der Waals surface area contributed by atoms with Crippen LogP contribution in [0.5, 0.6) is 5.75 Å². The first-order valence-electron chi connectivity index (χ1n) is 5.41. The minimum atomic E-state index is 0.262. The van der Waals surface area contributed by atoms with Crippen LogP contribution in [0.2, 0.25) is 5.02 Å². The van der Waals surface area contributed by atoms with E-state index in [2.05, 4.69) is 5.32 Å². The minimum absolute atomic E-state index is 0.262. The standard InChI is InChI=1S/C12H16ClNO/c1-8-9(13)5-6-11(15)12(8)10-4-2-3-7-14-10/h5-6,10,14-15H,2-4,7H2,1H3.